The summed E-state index contributed by atoms with van der Waals surface area (Å²) in [6.07, 6.45) is 0.0520. The molecule has 4 aliphatic heterocycles. The molecule has 31 heteroatoms. The lowest BCUT2D eigenvalue weighted by Gasteiger charge is -2.27. The van der Waals surface area contributed by atoms with Crippen molar-refractivity contribution in [2.75, 3.05) is 73.6 Å². The molecule has 516 valence electrons. The first-order valence-corrected chi connectivity index (χ1v) is 34.2. The van der Waals surface area contributed by atoms with E-state index in [1.54, 1.807) is 66.7 Å². The number of carbonyl (C=O) groups is 4. The summed E-state index contributed by atoms with van der Waals surface area (Å²) in [6, 6.07) is 36.2. The number of H-pyrrole nitrogens is 3. The maximum atomic E-state index is 14.2. The van der Waals surface area contributed by atoms with Gasteiger partial charge in [-0.2, -0.15) is 28.5 Å². The van der Waals surface area contributed by atoms with Crippen LogP contribution < -0.4 is 56.7 Å². The molecule has 99 heavy (non-hydrogen) atoms. The number of carbonyl (C=O) groups excluding carboxylic acids is 4. The highest BCUT2D eigenvalue weighted by atomic mass is 35.5. The largest absolute Gasteiger partial charge is 0.488 e. The minimum atomic E-state index is -4.59. The number of amides is 4. The van der Waals surface area contributed by atoms with Crippen LogP contribution in [-0.4, -0.2) is 130 Å². The van der Waals surface area contributed by atoms with Crippen molar-refractivity contribution in [1.82, 2.24) is 51.9 Å². The summed E-state index contributed by atoms with van der Waals surface area (Å²) in [5.74, 6) is 0.351. The molecule has 11 N–H and O–H groups in total. The predicted octanol–water partition coefficient (Wildman–Crippen LogP) is 13.9. The van der Waals surface area contributed by atoms with Gasteiger partial charge in [0.1, 0.15) is 64.2 Å². The number of nitrogens with zero attached hydrogens (tertiary/aromatic N) is 3. The molecule has 9 aromatic rings. The van der Waals surface area contributed by atoms with E-state index in [4.69, 9.17) is 72.2 Å². The van der Waals surface area contributed by atoms with E-state index in [0.29, 0.717) is 72.0 Å². The number of hydrogen-bond acceptors (Lipinski definition) is 15. The number of aromatic nitrogens is 6. The van der Waals surface area contributed by atoms with E-state index in [9.17, 15) is 36.7 Å². The molecule has 15 rings (SSSR count). The molecule has 2 saturated carbocycles. The van der Waals surface area contributed by atoms with Crippen molar-refractivity contribution in [3.8, 4) is 28.5 Å². The Bertz CT molecular complexity index is 4340. The average molecular weight is 1470 g/mol. The van der Waals surface area contributed by atoms with E-state index in [2.05, 4.69) is 73.1 Å². The van der Waals surface area contributed by atoms with Crippen molar-refractivity contribution >= 4 is 116 Å². The van der Waals surface area contributed by atoms with Crippen molar-refractivity contribution in [2.45, 2.75) is 72.2 Å². The van der Waals surface area contributed by atoms with Crippen LogP contribution >= 0.6 is 69.8 Å². The molecular weight excluding hydrogens is 1410 g/mol. The Hall–Kier alpha value is -8.41. The van der Waals surface area contributed by atoms with Crippen LogP contribution in [0.1, 0.15) is 96.3 Å². The number of thioether (sulfide) groups is 1. The monoisotopic (exact) mass is 1470 g/mol. The third kappa shape index (κ3) is 18.5. The van der Waals surface area contributed by atoms with Gasteiger partial charge in [0.25, 0.3) is 23.6 Å². The quantitative estimate of drug-likeness (QED) is 0.0336. The molecule has 2 aliphatic carbocycles. The van der Waals surface area contributed by atoms with Gasteiger partial charge in [0.2, 0.25) is 0 Å². The average Bonchev–Trinajstić information content (AvgIpc) is 1.72. The maximum Gasteiger partial charge on any atom is 0.417 e. The summed E-state index contributed by atoms with van der Waals surface area (Å²) < 4.78 is 69.7. The van der Waals surface area contributed by atoms with Crippen molar-refractivity contribution in [1.29, 1.82) is 0 Å². The molecule has 4 amide bonds. The first-order chi connectivity index (χ1) is 47.7. The molecule has 6 aromatic carbocycles. The Kier molecular flexibility index (Phi) is 22.7. The molecule has 3 aromatic heterocycles. The topological polar surface area (TPSA) is 278 Å². The summed E-state index contributed by atoms with van der Waals surface area (Å²) in [5.41, 5.74) is 4.27. The Morgan fingerprint density at radius 2 is 0.919 bits per heavy atom. The van der Waals surface area contributed by atoms with E-state index in [1.165, 1.54) is 23.1 Å². The van der Waals surface area contributed by atoms with Crippen molar-refractivity contribution in [3.05, 3.63) is 204 Å². The Morgan fingerprint density at radius 1 is 0.475 bits per heavy atom. The molecule has 21 nitrogen and oxygen atoms in total. The molecule has 7 heterocycles. The Morgan fingerprint density at radius 3 is 1.39 bits per heavy atom. The van der Waals surface area contributed by atoms with Crippen LogP contribution in [0.15, 0.2) is 138 Å². The summed E-state index contributed by atoms with van der Waals surface area (Å²) in [4.78, 5) is 50.5. The summed E-state index contributed by atoms with van der Waals surface area (Å²) >= 11 is 32.1. The number of rotatable bonds is 19. The van der Waals surface area contributed by atoms with Crippen LogP contribution in [0.4, 0.5) is 40.3 Å². The number of alkyl halides is 3. The van der Waals surface area contributed by atoms with Gasteiger partial charge in [-0.1, -0.05) is 70.1 Å². The lowest BCUT2D eigenvalue weighted by molar-refractivity contribution is -0.137. The zero-order valence-electron chi connectivity index (χ0n) is 52.2. The molecule has 0 bridgehead atoms. The minimum absolute atomic E-state index is 0.0163. The smallest absolute Gasteiger partial charge is 0.417 e. The first kappa shape index (κ1) is 70.5. The fraction of sp³-hybridized carbons (Fsp3) is 0.279. The van der Waals surface area contributed by atoms with Gasteiger partial charge in [-0.15, -0.1) is 11.8 Å². The number of anilines is 4. The number of ether oxygens (including phenoxy) is 3. The number of benzene rings is 6. The lowest BCUT2D eigenvalue weighted by atomic mass is 10.1. The zero-order chi connectivity index (χ0) is 69.3. The van der Waals surface area contributed by atoms with Gasteiger partial charge in [0.15, 0.2) is 0 Å². The van der Waals surface area contributed by atoms with Gasteiger partial charge in [-0.05, 0) is 141 Å². The highest BCUT2D eigenvalue weighted by Gasteiger charge is 2.35. The third-order valence-electron chi connectivity index (χ3n) is 16.1. The van der Waals surface area contributed by atoms with Gasteiger partial charge < -0.3 is 56.7 Å². The molecule has 6 fully saturated rings. The van der Waals surface area contributed by atoms with Gasteiger partial charge in [0.05, 0.1) is 42.7 Å². The van der Waals surface area contributed by atoms with Crippen LogP contribution in [-0.2, 0) is 6.18 Å². The van der Waals surface area contributed by atoms with Crippen LogP contribution in [0.25, 0.3) is 11.3 Å². The third-order valence-corrected chi connectivity index (χ3v) is 19.1. The van der Waals surface area contributed by atoms with Gasteiger partial charge >= 0.3 is 6.18 Å². The van der Waals surface area contributed by atoms with Gasteiger partial charge in [-0.25, -0.2) is 4.39 Å². The first-order valence-electron chi connectivity index (χ1n) is 31.4. The molecule has 6 aliphatic rings. The van der Waals surface area contributed by atoms with Gasteiger partial charge in [-0.3, -0.25) is 34.5 Å². The minimum Gasteiger partial charge on any atom is -0.488 e. The highest BCUT2D eigenvalue weighted by Crippen LogP contribution is 2.44. The predicted molar refractivity (Wildman–Crippen MR) is 374 cm³/mol. The molecule has 0 atom stereocenters. The SMILES string of the molecule is O=C(Nc1ccc(Cl)c(C(F)(F)F)c1)c1ccc(OC2CNC2)cc1.O=C(Nc1ccc(OC2CNC2)cc1)c1[nH]nc(-c2ccc(Cl)cc2)c1Cl.O=C(Nc1ccc(OC2CNC2)cc1F)c1[nH]nc(C2CC2)c1Cl.O=C(Nc1ccc(SC2CNC2)cc1)c1[nH]nc(C2CC2)c1Cl. The summed E-state index contributed by atoms with van der Waals surface area (Å²) in [5, 5.41) is 45.6. The van der Waals surface area contributed by atoms with Crippen molar-refractivity contribution in [3.63, 3.8) is 0 Å². The highest BCUT2D eigenvalue weighted by molar-refractivity contribution is 8.00. The standard InChI is InChI=1S/C19H16Cl2N4O2.C17H14ClF3N2O2.C16H16ClFN4O2.C16H17ClN4OS/c20-12-3-1-11(2-4-12)17-16(21)18(25-24-17)19(26)23-13-5-7-14(8-6-13)27-15-9-22-10-15;18-15-6-3-11(7-14(15)17(19,20)21)23-16(24)10-1-4-12(5-2-10)25-13-8-22-9-13;17-13-14(8-1-2-8)21-22-15(13)16(23)20-12-4-3-9(5-11(12)18)24-10-6-19-7-10;17-13-14(9-1-2-9)20-21-15(13)16(22)19-10-3-5-11(6-4-10)23-12-7-18-8-12/h1-8,15,22H,9-10H2,(H,23,26)(H,24,25);1-7,13,22H,8-9H2,(H,23,24);3-5,8,10,19H,1-2,6-7H2,(H,20,23)(H,21,22);3-6,9,12,18H,1-2,7-8H2,(H,19,22)(H,20,21). The normalized spacial score (nSPS) is 15.8. The van der Waals surface area contributed by atoms with Crippen LogP contribution in [0.2, 0.25) is 25.1 Å². The van der Waals surface area contributed by atoms with Crippen molar-refractivity contribution in [2.24, 2.45) is 0 Å². The van der Waals surface area contributed by atoms with Crippen molar-refractivity contribution < 1.29 is 51.0 Å². The second-order valence-corrected chi connectivity index (χ2v) is 27.1. The number of nitrogens with one attached hydrogen (secondary N) is 11. The molecule has 0 unspecified atom stereocenters. The lowest BCUT2D eigenvalue weighted by Crippen LogP contribution is -2.50. The Balaban J connectivity index is 0.000000126. The second kappa shape index (κ2) is 31.8. The van der Waals surface area contributed by atoms with Crippen LogP contribution in [0.5, 0.6) is 17.2 Å². The fourth-order valence-corrected chi connectivity index (χ4v) is 12.2. The van der Waals surface area contributed by atoms with Gasteiger partial charge in [0, 0.05) is 114 Å². The Labute approximate surface area is 593 Å². The zero-order valence-corrected chi connectivity index (χ0v) is 56.8. The van der Waals surface area contributed by atoms with E-state index < -0.39 is 34.4 Å². The molecular formula is C68H63Cl5F4N14O7S. The van der Waals surface area contributed by atoms with E-state index in [0.717, 1.165) is 113 Å². The summed E-state index contributed by atoms with van der Waals surface area (Å²) in [6.45, 7) is 6.89. The number of halogens is 9. The molecule has 0 radical (unpaired) electrons. The summed E-state index contributed by atoms with van der Waals surface area (Å²) in [7, 11) is 0. The number of hydrogen-bond donors (Lipinski definition) is 11. The van der Waals surface area contributed by atoms with Crippen LogP contribution in [0.3, 0.4) is 0 Å². The van der Waals surface area contributed by atoms with E-state index >= 15 is 0 Å². The number of aromatic amines is 3. The maximum absolute atomic E-state index is 14.2. The second-order valence-electron chi connectivity index (χ2n) is 23.7. The fourth-order valence-electron chi connectivity index (χ4n) is 9.85. The van der Waals surface area contributed by atoms with Crippen LogP contribution in [0, 0.1) is 5.82 Å². The molecule has 4 saturated heterocycles. The molecule has 0 spiro atoms. The van der Waals surface area contributed by atoms with E-state index in [-0.39, 0.29) is 57.9 Å². The van der Waals surface area contributed by atoms with E-state index in [1.807, 2.05) is 48.2 Å².